The molecule has 0 spiro atoms. The topological polar surface area (TPSA) is 0 Å². The van der Waals surface area contributed by atoms with Crippen LogP contribution in [-0.4, -0.2) is 12.4 Å². The van der Waals surface area contributed by atoms with Crippen molar-refractivity contribution in [1.82, 2.24) is 0 Å². The predicted molar refractivity (Wildman–Crippen MR) is 46.7 cm³/mol. The second kappa shape index (κ2) is 3.53. The van der Waals surface area contributed by atoms with Crippen molar-refractivity contribution >= 4 is 0 Å². The molecule has 0 nitrogen and oxygen atoms in total. The largest absolute Gasteiger partial charge is 0.403 e. The Balaban J connectivity index is 3.27. The maximum atomic E-state index is 12.8. The highest BCUT2D eigenvalue weighted by Gasteiger charge is 2.82. The van der Waals surface area contributed by atoms with Crippen molar-refractivity contribution in [2.75, 3.05) is 0 Å². The van der Waals surface area contributed by atoms with Crippen LogP contribution in [0, 0.1) is 23.2 Å². The van der Waals surface area contributed by atoms with Crippen LogP contribution in [0.1, 0.15) is 27.2 Å². The van der Waals surface area contributed by atoms with Crippen molar-refractivity contribution in [3.05, 3.63) is 0 Å². The van der Waals surface area contributed by atoms with Crippen molar-refractivity contribution < 1.29 is 26.3 Å². The lowest BCUT2D eigenvalue weighted by Gasteiger charge is -2.60. The van der Waals surface area contributed by atoms with Gasteiger partial charge in [0.15, 0.2) is 5.41 Å². The van der Waals surface area contributed by atoms with Crippen LogP contribution >= 0.6 is 0 Å². The van der Waals surface area contributed by atoms with Gasteiger partial charge >= 0.3 is 12.4 Å². The van der Waals surface area contributed by atoms with Crippen LogP contribution in [0.15, 0.2) is 0 Å². The summed E-state index contributed by atoms with van der Waals surface area (Å²) in [5.41, 5.74) is -3.51. The van der Waals surface area contributed by atoms with Crippen LogP contribution in [0.25, 0.3) is 0 Å². The number of hydrogen-bond donors (Lipinski definition) is 0. The minimum atomic E-state index is -5.22. The summed E-state index contributed by atoms with van der Waals surface area (Å²) < 4.78 is 76.8. The molecule has 0 saturated heterocycles. The van der Waals surface area contributed by atoms with Gasteiger partial charge in [-0.15, -0.1) is 0 Å². The molecule has 0 bridgehead atoms. The lowest BCUT2D eigenvalue weighted by atomic mass is 9.46. The molecule has 1 aliphatic rings. The molecule has 0 radical (unpaired) electrons. The molecule has 0 amide bonds. The molecule has 0 N–H and O–H groups in total. The second-order valence-corrected chi connectivity index (χ2v) is 4.53. The number of halogens is 6. The van der Waals surface area contributed by atoms with E-state index in [1.165, 1.54) is 13.8 Å². The molecule has 16 heavy (non-hydrogen) atoms. The third-order valence-corrected chi connectivity index (χ3v) is 4.10. The third-order valence-electron chi connectivity index (χ3n) is 4.10. The molecule has 6 heteroatoms. The highest BCUT2D eigenvalue weighted by Crippen LogP contribution is 2.70. The molecule has 3 atom stereocenters. The van der Waals surface area contributed by atoms with E-state index in [2.05, 4.69) is 0 Å². The summed E-state index contributed by atoms with van der Waals surface area (Å²) in [7, 11) is 0. The highest BCUT2D eigenvalue weighted by molar-refractivity contribution is 5.11. The Labute approximate surface area is 90.0 Å². The molecule has 1 aliphatic carbocycles. The van der Waals surface area contributed by atoms with Crippen LogP contribution in [0.4, 0.5) is 26.3 Å². The Morgan fingerprint density at radius 2 is 1.31 bits per heavy atom. The molecule has 1 fully saturated rings. The first kappa shape index (κ1) is 13.6. The number of alkyl halides is 6. The Kier molecular flexibility index (Phi) is 3.01. The average molecular weight is 248 g/mol. The molecule has 0 aliphatic heterocycles. The van der Waals surface area contributed by atoms with E-state index in [1.807, 2.05) is 0 Å². The smallest absolute Gasteiger partial charge is 0.170 e. The number of hydrogen-bond acceptors (Lipinski definition) is 0. The molecule has 0 aromatic rings. The van der Waals surface area contributed by atoms with E-state index in [4.69, 9.17) is 0 Å². The van der Waals surface area contributed by atoms with Gasteiger partial charge in [-0.05, 0) is 17.8 Å². The molecule has 96 valence electrons. The van der Waals surface area contributed by atoms with Crippen molar-refractivity contribution in [3.8, 4) is 0 Å². The van der Waals surface area contributed by atoms with Crippen molar-refractivity contribution in [1.29, 1.82) is 0 Å². The zero-order valence-electron chi connectivity index (χ0n) is 9.21. The van der Waals surface area contributed by atoms with Gasteiger partial charge in [0.1, 0.15) is 0 Å². The Bertz CT molecular complexity index is 249. The summed E-state index contributed by atoms with van der Waals surface area (Å²) in [4.78, 5) is 0. The molecule has 0 unspecified atom stereocenters. The first-order valence-corrected chi connectivity index (χ1v) is 5.15. The molecular formula is C10H14F6. The van der Waals surface area contributed by atoms with Gasteiger partial charge in [-0.25, -0.2) is 0 Å². The van der Waals surface area contributed by atoms with E-state index in [1.54, 1.807) is 0 Å². The maximum absolute atomic E-state index is 12.8. The first-order valence-electron chi connectivity index (χ1n) is 5.15. The van der Waals surface area contributed by atoms with E-state index in [0.717, 1.165) is 6.92 Å². The number of rotatable bonds is 1. The quantitative estimate of drug-likeness (QED) is 0.603. The van der Waals surface area contributed by atoms with Gasteiger partial charge in [0.25, 0.3) is 0 Å². The summed E-state index contributed by atoms with van der Waals surface area (Å²) in [5.74, 6) is -3.31. The van der Waals surface area contributed by atoms with Gasteiger partial charge in [0, 0.05) is 0 Å². The zero-order chi connectivity index (χ0) is 12.9. The van der Waals surface area contributed by atoms with Crippen molar-refractivity contribution in [2.24, 2.45) is 23.2 Å². The monoisotopic (exact) mass is 248 g/mol. The summed E-state index contributed by atoms with van der Waals surface area (Å²) in [5, 5.41) is 0. The van der Waals surface area contributed by atoms with Crippen molar-refractivity contribution in [3.63, 3.8) is 0 Å². The summed E-state index contributed by atoms with van der Waals surface area (Å²) in [6, 6.07) is 0. The van der Waals surface area contributed by atoms with Gasteiger partial charge < -0.3 is 0 Å². The fraction of sp³-hybridized carbons (Fsp3) is 1.00. The molecule has 0 aromatic carbocycles. The minimum Gasteiger partial charge on any atom is -0.170 e. The molecule has 1 saturated carbocycles. The van der Waals surface area contributed by atoms with Gasteiger partial charge in [-0.3, -0.25) is 0 Å². The van der Waals surface area contributed by atoms with Crippen LogP contribution in [-0.2, 0) is 0 Å². The van der Waals surface area contributed by atoms with Crippen molar-refractivity contribution in [2.45, 2.75) is 39.5 Å². The summed E-state index contributed by atoms with van der Waals surface area (Å²) in [6.07, 6.45) is -10.6. The normalized spacial score (nSPS) is 34.7. The maximum Gasteiger partial charge on any atom is 0.403 e. The van der Waals surface area contributed by atoms with E-state index in [9.17, 15) is 26.3 Å². The van der Waals surface area contributed by atoms with Crippen LogP contribution in [0.5, 0.6) is 0 Å². The van der Waals surface area contributed by atoms with Crippen LogP contribution in [0.3, 0.4) is 0 Å². The predicted octanol–water partition coefficient (Wildman–Crippen LogP) is 4.41. The van der Waals surface area contributed by atoms with Gasteiger partial charge in [0.05, 0.1) is 0 Å². The molecule has 1 rings (SSSR count). The highest BCUT2D eigenvalue weighted by atomic mass is 19.4. The lowest BCUT2D eigenvalue weighted by Crippen LogP contribution is -2.69. The molecular weight excluding hydrogens is 234 g/mol. The molecule has 0 heterocycles. The fourth-order valence-corrected chi connectivity index (χ4v) is 3.19. The second-order valence-electron chi connectivity index (χ2n) is 4.53. The van der Waals surface area contributed by atoms with Gasteiger partial charge in [-0.2, -0.15) is 26.3 Å². The van der Waals surface area contributed by atoms with Gasteiger partial charge in [-0.1, -0.05) is 27.2 Å². The Hall–Kier alpha value is -0.420. The van der Waals surface area contributed by atoms with E-state index >= 15 is 0 Å². The van der Waals surface area contributed by atoms with Crippen LogP contribution in [0.2, 0.25) is 0 Å². The zero-order valence-corrected chi connectivity index (χ0v) is 9.21. The first-order chi connectivity index (χ1) is 7.01. The van der Waals surface area contributed by atoms with Crippen LogP contribution < -0.4 is 0 Å². The Morgan fingerprint density at radius 1 is 0.938 bits per heavy atom. The van der Waals surface area contributed by atoms with E-state index in [-0.39, 0.29) is 6.42 Å². The fourth-order valence-electron chi connectivity index (χ4n) is 3.19. The SMILES string of the molecule is CC[C@H]1[C@@H](C)[C@@H](C)C1(C(F)(F)F)C(F)(F)F. The average Bonchev–Trinajstić information content (AvgIpc) is 2.07. The Morgan fingerprint density at radius 3 is 1.50 bits per heavy atom. The standard InChI is InChI=1S/C10H14F6/c1-4-7-5(2)6(3)8(7,9(11,12)13)10(14,15)16/h5-7H,4H2,1-3H3/t5-,6+,7-/m0/s1. The third kappa shape index (κ3) is 1.37. The lowest BCUT2D eigenvalue weighted by molar-refractivity contribution is -0.420. The van der Waals surface area contributed by atoms with E-state index in [0.29, 0.717) is 0 Å². The molecule has 0 aromatic heterocycles. The minimum absolute atomic E-state index is 0.107. The van der Waals surface area contributed by atoms with Gasteiger partial charge in [0.2, 0.25) is 0 Å². The summed E-state index contributed by atoms with van der Waals surface area (Å²) in [6.45, 7) is 3.87. The summed E-state index contributed by atoms with van der Waals surface area (Å²) >= 11 is 0. The van der Waals surface area contributed by atoms with E-state index < -0.39 is 35.5 Å².